The summed E-state index contributed by atoms with van der Waals surface area (Å²) in [5, 5.41) is 3.14. The molecule has 2 aromatic carbocycles. The van der Waals surface area contributed by atoms with Gasteiger partial charge in [-0.05, 0) is 37.7 Å². The first kappa shape index (κ1) is 14.1. The molecule has 100 valence electrons. The standard InChI is InChI=1S/C16H18BrNO/c1-12-3-7-15(8-4-12)19-11-14-6-5-13(10-18-2)9-16(14)17/h3-9,18H,10-11H2,1-2H3. The molecule has 0 aliphatic rings. The zero-order valence-corrected chi connectivity index (χ0v) is 12.8. The fourth-order valence-corrected chi connectivity index (χ4v) is 2.36. The maximum atomic E-state index is 5.78. The Kier molecular flexibility index (Phi) is 5.00. The highest BCUT2D eigenvalue weighted by atomic mass is 79.9. The van der Waals surface area contributed by atoms with E-state index in [4.69, 9.17) is 4.74 Å². The van der Waals surface area contributed by atoms with Crippen molar-refractivity contribution >= 4 is 15.9 Å². The molecular formula is C16H18BrNO. The Labute approximate surface area is 122 Å². The molecule has 0 aromatic heterocycles. The lowest BCUT2D eigenvalue weighted by molar-refractivity contribution is 0.305. The molecule has 2 aromatic rings. The van der Waals surface area contributed by atoms with Crippen molar-refractivity contribution in [2.24, 2.45) is 0 Å². The van der Waals surface area contributed by atoms with Gasteiger partial charge in [-0.1, -0.05) is 45.8 Å². The summed E-state index contributed by atoms with van der Waals surface area (Å²) in [5.41, 5.74) is 3.65. The third kappa shape index (κ3) is 4.08. The Balaban J connectivity index is 2.01. The molecule has 0 unspecified atom stereocenters. The van der Waals surface area contributed by atoms with Crippen molar-refractivity contribution in [3.8, 4) is 5.75 Å². The molecule has 0 aliphatic heterocycles. The van der Waals surface area contributed by atoms with Gasteiger partial charge in [0.25, 0.3) is 0 Å². The molecule has 0 spiro atoms. The Bertz CT molecular complexity index is 537. The first-order valence-corrected chi connectivity index (χ1v) is 7.09. The summed E-state index contributed by atoms with van der Waals surface area (Å²) in [5.74, 6) is 0.900. The largest absolute Gasteiger partial charge is 0.489 e. The molecule has 0 radical (unpaired) electrons. The quantitative estimate of drug-likeness (QED) is 0.897. The van der Waals surface area contributed by atoms with Crippen molar-refractivity contribution in [2.45, 2.75) is 20.1 Å². The predicted octanol–water partition coefficient (Wildman–Crippen LogP) is 4.06. The number of hydrogen-bond donors (Lipinski definition) is 1. The molecule has 2 rings (SSSR count). The van der Waals surface area contributed by atoms with E-state index in [0.717, 1.165) is 22.3 Å². The van der Waals surface area contributed by atoms with Crippen molar-refractivity contribution in [3.63, 3.8) is 0 Å². The van der Waals surface area contributed by atoms with Gasteiger partial charge in [0.05, 0.1) is 0 Å². The Hall–Kier alpha value is -1.32. The van der Waals surface area contributed by atoms with Crippen LogP contribution in [-0.4, -0.2) is 7.05 Å². The highest BCUT2D eigenvalue weighted by molar-refractivity contribution is 9.10. The lowest BCUT2D eigenvalue weighted by Gasteiger charge is -2.09. The lowest BCUT2D eigenvalue weighted by atomic mass is 10.1. The van der Waals surface area contributed by atoms with Gasteiger partial charge in [-0.2, -0.15) is 0 Å². The number of halogens is 1. The average molecular weight is 320 g/mol. The van der Waals surface area contributed by atoms with E-state index in [1.54, 1.807) is 0 Å². The molecule has 19 heavy (non-hydrogen) atoms. The van der Waals surface area contributed by atoms with Gasteiger partial charge in [-0.25, -0.2) is 0 Å². The zero-order valence-electron chi connectivity index (χ0n) is 11.2. The van der Waals surface area contributed by atoms with E-state index in [1.807, 2.05) is 19.2 Å². The third-order valence-corrected chi connectivity index (χ3v) is 3.65. The molecule has 0 bridgehead atoms. The number of ether oxygens (including phenoxy) is 1. The van der Waals surface area contributed by atoms with Crippen LogP contribution in [0.4, 0.5) is 0 Å². The Morgan fingerprint density at radius 1 is 1.11 bits per heavy atom. The molecule has 0 fully saturated rings. The van der Waals surface area contributed by atoms with Crippen molar-refractivity contribution in [1.29, 1.82) is 0 Å². The van der Waals surface area contributed by atoms with Crippen LogP contribution in [0, 0.1) is 6.92 Å². The summed E-state index contributed by atoms with van der Waals surface area (Å²) in [6.07, 6.45) is 0. The normalized spacial score (nSPS) is 10.5. The number of aryl methyl sites for hydroxylation is 1. The summed E-state index contributed by atoms with van der Waals surface area (Å²) in [6.45, 7) is 3.52. The summed E-state index contributed by atoms with van der Waals surface area (Å²) in [6, 6.07) is 14.5. The molecule has 0 heterocycles. The van der Waals surface area contributed by atoms with Crippen LogP contribution in [0.5, 0.6) is 5.75 Å². The fraction of sp³-hybridized carbons (Fsp3) is 0.250. The number of hydrogen-bond acceptors (Lipinski definition) is 2. The Morgan fingerprint density at radius 3 is 2.47 bits per heavy atom. The van der Waals surface area contributed by atoms with Gasteiger partial charge in [0.15, 0.2) is 0 Å². The lowest BCUT2D eigenvalue weighted by Crippen LogP contribution is -2.05. The van der Waals surface area contributed by atoms with E-state index < -0.39 is 0 Å². The molecule has 0 saturated heterocycles. The van der Waals surface area contributed by atoms with Crippen LogP contribution in [0.3, 0.4) is 0 Å². The minimum absolute atomic E-state index is 0.573. The summed E-state index contributed by atoms with van der Waals surface area (Å²) < 4.78 is 6.87. The van der Waals surface area contributed by atoms with Crippen LogP contribution in [0.25, 0.3) is 0 Å². The van der Waals surface area contributed by atoms with Crippen LogP contribution < -0.4 is 10.1 Å². The second-order valence-corrected chi connectivity index (χ2v) is 5.41. The van der Waals surface area contributed by atoms with Gasteiger partial charge in [0, 0.05) is 16.6 Å². The minimum atomic E-state index is 0.573. The SMILES string of the molecule is CNCc1ccc(COc2ccc(C)cc2)c(Br)c1. The molecule has 2 nitrogen and oxygen atoms in total. The topological polar surface area (TPSA) is 21.3 Å². The van der Waals surface area contributed by atoms with Crippen molar-refractivity contribution in [2.75, 3.05) is 7.05 Å². The number of rotatable bonds is 5. The maximum Gasteiger partial charge on any atom is 0.119 e. The van der Waals surface area contributed by atoms with Crippen molar-refractivity contribution in [3.05, 3.63) is 63.6 Å². The predicted molar refractivity (Wildman–Crippen MR) is 82.4 cm³/mol. The second kappa shape index (κ2) is 6.73. The Morgan fingerprint density at radius 2 is 1.84 bits per heavy atom. The fourth-order valence-electron chi connectivity index (χ4n) is 1.82. The molecule has 1 N–H and O–H groups in total. The highest BCUT2D eigenvalue weighted by Crippen LogP contribution is 2.21. The number of benzene rings is 2. The molecule has 0 saturated carbocycles. The van der Waals surface area contributed by atoms with E-state index in [-0.39, 0.29) is 0 Å². The second-order valence-electron chi connectivity index (χ2n) is 4.56. The van der Waals surface area contributed by atoms with Crippen LogP contribution >= 0.6 is 15.9 Å². The molecule has 3 heteroatoms. The highest BCUT2D eigenvalue weighted by Gasteiger charge is 2.02. The van der Waals surface area contributed by atoms with Gasteiger partial charge in [-0.15, -0.1) is 0 Å². The van der Waals surface area contributed by atoms with E-state index in [2.05, 4.69) is 58.5 Å². The van der Waals surface area contributed by atoms with Gasteiger partial charge in [-0.3, -0.25) is 0 Å². The molecule has 0 aliphatic carbocycles. The summed E-state index contributed by atoms with van der Waals surface area (Å²) in [4.78, 5) is 0. The van der Waals surface area contributed by atoms with E-state index in [0.29, 0.717) is 6.61 Å². The smallest absolute Gasteiger partial charge is 0.119 e. The van der Waals surface area contributed by atoms with Gasteiger partial charge in [0.2, 0.25) is 0 Å². The van der Waals surface area contributed by atoms with E-state index in [1.165, 1.54) is 11.1 Å². The molecular weight excluding hydrogens is 302 g/mol. The monoisotopic (exact) mass is 319 g/mol. The number of nitrogens with one attached hydrogen (secondary N) is 1. The minimum Gasteiger partial charge on any atom is -0.489 e. The molecule has 0 atom stereocenters. The van der Waals surface area contributed by atoms with Crippen LogP contribution in [0.2, 0.25) is 0 Å². The van der Waals surface area contributed by atoms with Crippen LogP contribution in [0.1, 0.15) is 16.7 Å². The van der Waals surface area contributed by atoms with E-state index in [9.17, 15) is 0 Å². The van der Waals surface area contributed by atoms with E-state index >= 15 is 0 Å². The summed E-state index contributed by atoms with van der Waals surface area (Å²) in [7, 11) is 1.95. The van der Waals surface area contributed by atoms with Gasteiger partial charge < -0.3 is 10.1 Å². The van der Waals surface area contributed by atoms with Gasteiger partial charge >= 0.3 is 0 Å². The maximum absolute atomic E-state index is 5.78. The first-order chi connectivity index (χ1) is 9.19. The average Bonchev–Trinajstić information content (AvgIpc) is 2.40. The first-order valence-electron chi connectivity index (χ1n) is 6.30. The van der Waals surface area contributed by atoms with Crippen molar-refractivity contribution in [1.82, 2.24) is 5.32 Å². The van der Waals surface area contributed by atoms with Crippen LogP contribution in [-0.2, 0) is 13.2 Å². The van der Waals surface area contributed by atoms with Gasteiger partial charge in [0.1, 0.15) is 12.4 Å². The van der Waals surface area contributed by atoms with Crippen LogP contribution in [0.15, 0.2) is 46.9 Å². The molecule has 0 amide bonds. The third-order valence-electron chi connectivity index (χ3n) is 2.91. The van der Waals surface area contributed by atoms with Crippen molar-refractivity contribution < 1.29 is 4.74 Å². The summed E-state index contributed by atoms with van der Waals surface area (Å²) >= 11 is 3.59. The zero-order chi connectivity index (χ0) is 13.7.